The highest BCUT2D eigenvalue weighted by Gasteiger charge is 2.11. The molecule has 0 amide bonds. The summed E-state index contributed by atoms with van der Waals surface area (Å²) in [5.74, 6) is 1.17. The van der Waals surface area contributed by atoms with Gasteiger partial charge in [-0.15, -0.1) is 0 Å². The van der Waals surface area contributed by atoms with Gasteiger partial charge in [-0.3, -0.25) is 4.68 Å². The fourth-order valence-corrected chi connectivity index (χ4v) is 1.81. The molecule has 0 unspecified atom stereocenters. The van der Waals surface area contributed by atoms with Gasteiger partial charge in [0.1, 0.15) is 11.8 Å². The summed E-state index contributed by atoms with van der Waals surface area (Å²) in [6.45, 7) is 7.04. The van der Waals surface area contributed by atoms with E-state index in [1.807, 2.05) is 25.2 Å². The van der Waals surface area contributed by atoms with Gasteiger partial charge < -0.3 is 10.1 Å². The van der Waals surface area contributed by atoms with Crippen LogP contribution in [0, 0.1) is 11.3 Å². The first kappa shape index (κ1) is 15.1. The Hall–Kier alpha value is -2.32. The molecule has 2 rings (SSSR count). The first-order valence-electron chi connectivity index (χ1n) is 6.82. The zero-order valence-corrected chi connectivity index (χ0v) is 12.8. The lowest BCUT2D eigenvalue weighted by molar-refractivity contribution is 0.424. The van der Waals surface area contributed by atoms with Crippen molar-refractivity contribution in [3.63, 3.8) is 0 Å². The molecule has 5 nitrogen and oxygen atoms in total. The lowest BCUT2D eigenvalue weighted by Crippen LogP contribution is -2.35. The fraction of sp³-hybridized carbons (Fsp3) is 0.375. The molecule has 1 heterocycles. The summed E-state index contributed by atoms with van der Waals surface area (Å²) in [4.78, 5) is 0. The molecule has 1 aromatic heterocycles. The lowest BCUT2D eigenvalue weighted by Gasteiger charge is -2.20. The summed E-state index contributed by atoms with van der Waals surface area (Å²) >= 11 is 0. The van der Waals surface area contributed by atoms with Crippen molar-refractivity contribution < 1.29 is 4.74 Å². The molecule has 0 aliphatic rings. The number of ether oxygens (including phenoxy) is 1. The van der Waals surface area contributed by atoms with Crippen LogP contribution in [0.15, 0.2) is 30.6 Å². The van der Waals surface area contributed by atoms with Gasteiger partial charge in [0.05, 0.1) is 18.0 Å². The van der Waals surface area contributed by atoms with E-state index in [0.717, 1.165) is 5.56 Å². The number of aryl methyl sites for hydroxylation is 1. The quantitative estimate of drug-likeness (QED) is 0.937. The topological polar surface area (TPSA) is 62.9 Å². The summed E-state index contributed by atoms with van der Waals surface area (Å²) in [6, 6.07) is 7.82. The Balaban J connectivity index is 2.15. The van der Waals surface area contributed by atoms with Crippen molar-refractivity contribution in [2.24, 2.45) is 7.05 Å². The fourth-order valence-electron chi connectivity index (χ4n) is 1.81. The van der Waals surface area contributed by atoms with Gasteiger partial charge in [-0.2, -0.15) is 10.4 Å². The standard InChI is InChI=1S/C16H20N4O/c1-16(2,3)18-9-12-5-6-15(13(7-12)8-17)21-14-10-19-20(4)11-14/h5-7,10-11,18H,9H2,1-4H3. The highest BCUT2D eigenvalue weighted by molar-refractivity contribution is 5.47. The Morgan fingerprint density at radius 1 is 1.38 bits per heavy atom. The highest BCUT2D eigenvalue weighted by Crippen LogP contribution is 2.25. The van der Waals surface area contributed by atoms with E-state index in [0.29, 0.717) is 23.6 Å². The van der Waals surface area contributed by atoms with E-state index in [-0.39, 0.29) is 5.54 Å². The summed E-state index contributed by atoms with van der Waals surface area (Å²) in [5.41, 5.74) is 1.62. The summed E-state index contributed by atoms with van der Waals surface area (Å²) in [5, 5.41) is 16.7. The molecular weight excluding hydrogens is 264 g/mol. The smallest absolute Gasteiger partial charge is 0.165 e. The molecule has 1 N–H and O–H groups in total. The number of nitrogens with one attached hydrogen (secondary N) is 1. The normalized spacial score (nSPS) is 11.2. The third-order valence-electron chi connectivity index (χ3n) is 2.90. The largest absolute Gasteiger partial charge is 0.453 e. The van der Waals surface area contributed by atoms with Crippen molar-refractivity contribution in [2.75, 3.05) is 0 Å². The Morgan fingerprint density at radius 3 is 2.71 bits per heavy atom. The molecule has 5 heteroatoms. The van der Waals surface area contributed by atoms with E-state index in [9.17, 15) is 5.26 Å². The molecule has 110 valence electrons. The maximum atomic E-state index is 9.28. The molecule has 0 aliphatic heterocycles. The molecule has 0 aliphatic carbocycles. The van der Waals surface area contributed by atoms with Crippen molar-refractivity contribution in [2.45, 2.75) is 32.9 Å². The average molecular weight is 284 g/mol. The van der Waals surface area contributed by atoms with Crippen molar-refractivity contribution in [1.82, 2.24) is 15.1 Å². The monoisotopic (exact) mass is 284 g/mol. The van der Waals surface area contributed by atoms with Gasteiger partial charge in [0, 0.05) is 19.1 Å². The molecule has 0 bridgehead atoms. The van der Waals surface area contributed by atoms with Crippen molar-refractivity contribution in [3.05, 3.63) is 41.7 Å². The van der Waals surface area contributed by atoms with Gasteiger partial charge in [-0.1, -0.05) is 6.07 Å². The predicted molar refractivity (Wildman–Crippen MR) is 81.0 cm³/mol. The van der Waals surface area contributed by atoms with Crippen molar-refractivity contribution >= 4 is 0 Å². The Morgan fingerprint density at radius 2 is 2.14 bits per heavy atom. The number of nitrogens with zero attached hydrogens (tertiary/aromatic N) is 3. The minimum atomic E-state index is 0.0394. The third kappa shape index (κ3) is 4.33. The second-order valence-electron chi connectivity index (χ2n) is 6.00. The number of hydrogen-bond acceptors (Lipinski definition) is 4. The predicted octanol–water partition coefficient (Wildman–Crippen LogP) is 2.97. The molecular formula is C16H20N4O. The van der Waals surface area contributed by atoms with Gasteiger partial charge in [-0.25, -0.2) is 0 Å². The van der Waals surface area contributed by atoms with E-state index in [2.05, 4.69) is 37.3 Å². The maximum absolute atomic E-state index is 9.28. The highest BCUT2D eigenvalue weighted by atomic mass is 16.5. The molecule has 21 heavy (non-hydrogen) atoms. The third-order valence-corrected chi connectivity index (χ3v) is 2.90. The van der Waals surface area contributed by atoms with Gasteiger partial charge in [0.15, 0.2) is 5.75 Å². The molecule has 0 atom stereocenters. The van der Waals surface area contributed by atoms with Crippen LogP contribution in [0.1, 0.15) is 31.9 Å². The summed E-state index contributed by atoms with van der Waals surface area (Å²) in [7, 11) is 1.82. The van der Waals surface area contributed by atoms with E-state index < -0.39 is 0 Å². The second kappa shape index (κ2) is 5.98. The zero-order valence-electron chi connectivity index (χ0n) is 12.8. The zero-order chi connectivity index (χ0) is 15.5. The van der Waals surface area contributed by atoms with Crippen LogP contribution < -0.4 is 10.1 Å². The Bertz CT molecular complexity index is 662. The number of benzene rings is 1. The first-order valence-corrected chi connectivity index (χ1v) is 6.82. The van der Waals surface area contributed by atoms with E-state index in [1.165, 1.54) is 0 Å². The van der Waals surface area contributed by atoms with Gasteiger partial charge >= 0.3 is 0 Å². The molecule has 0 radical (unpaired) electrons. The summed E-state index contributed by atoms with van der Waals surface area (Å²) in [6.07, 6.45) is 3.38. The number of hydrogen-bond donors (Lipinski definition) is 1. The van der Waals surface area contributed by atoms with E-state index in [4.69, 9.17) is 4.74 Å². The number of rotatable bonds is 4. The van der Waals surface area contributed by atoms with Crippen LogP contribution in [0.2, 0.25) is 0 Å². The van der Waals surface area contributed by atoms with Crippen molar-refractivity contribution in [1.29, 1.82) is 5.26 Å². The molecule has 0 spiro atoms. The number of aromatic nitrogens is 2. The molecule has 0 fully saturated rings. The van der Waals surface area contributed by atoms with Crippen molar-refractivity contribution in [3.8, 4) is 17.6 Å². The SMILES string of the molecule is Cn1cc(Oc2ccc(CNC(C)(C)C)cc2C#N)cn1. The molecule has 0 saturated heterocycles. The minimum Gasteiger partial charge on any atom is -0.453 e. The van der Waals surface area contributed by atoms with E-state index in [1.54, 1.807) is 17.1 Å². The lowest BCUT2D eigenvalue weighted by atomic mass is 10.1. The van der Waals surface area contributed by atoms with Gasteiger partial charge in [-0.05, 0) is 38.5 Å². The summed E-state index contributed by atoms with van der Waals surface area (Å²) < 4.78 is 7.35. The van der Waals surface area contributed by atoms with Crippen LogP contribution >= 0.6 is 0 Å². The first-order chi connectivity index (χ1) is 9.87. The Labute approximate surface area is 125 Å². The molecule has 0 saturated carbocycles. The van der Waals surface area contributed by atoms with Crippen LogP contribution in [0.5, 0.6) is 11.5 Å². The Kier molecular flexibility index (Phi) is 4.29. The maximum Gasteiger partial charge on any atom is 0.165 e. The second-order valence-corrected chi connectivity index (χ2v) is 6.00. The minimum absolute atomic E-state index is 0.0394. The van der Waals surface area contributed by atoms with Crippen LogP contribution in [0.3, 0.4) is 0 Å². The van der Waals surface area contributed by atoms with Crippen LogP contribution in [-0.2, 0) is 13.6 Å². The molecule has 2 aromatic rings. The van der Waals surface area contributed by atoms with Gasteiger partial charge in [0.2, 0.25) is 0 Å². The average Bonchev–Trinajstić information content (AvgIpc) is 2.82. The molecule has 1 aromatic carbocycles. The number of nitriles is 1. The van der Waals surface area contributed by atoms with Crippen LogP contribution in [-0.4, -0.2) is 15.3 Å². The van der Waals surface area contributed by atoms with Crippen LogP contribution in [0.4, 0.5) is 0 Å². The van der Waals surface area contributed by atoms with Crippen LogP contribution in [0.25, 0.3) is 0 Å². The van der Waals surface area contributed by atoms with Gasteiger partial charge in [0.25, 0.3) is 0 Å². The van der Waals surface area contributed by atoms with E-state index >= 15 is 0 Å².